The molecule has 0 radical (unpaired) electrons. The highest BCUT2D eigenvalue weighted by Crippen LogP contribution is 2.49. The summed E-state index contributed by atoms with van der Waals surface area (Å²) < 4.78 is 27.4. The Morgan fingerprint density at radius 2 is 1.51 bits per heavy atom. The summed E-state index contributed by atoms with van der Waals surface area (Å²) in [6.45, 7) is 3.91. The van der Waals surface area contributed by atoms with Crippen LogP contribution in [0.15, 0.2) is 48.5 Å². The van der Waals surface area contributed by atoms with E-state index < -0.39 is 47.9 Å². The van der Waals surface area contributed by atoms with Crippen LogP contribution in [0.5, 0.6) is 0 Å². The van der Waals surface area contributed by atoms with Crippen molar-refractivity contribution in [1.82, 2.24) is 9.80 Å². The molecule has 5 rings (SSSR count). The van der Waals surface area contributed by atoms with Crippen molar-refractivity contribution in [1.29, 1.82) is 0 Å². The van der Waals surface area contributed by atoms with E-state index in [1.165, 1.54) is 4.90 Å². The smallest absolute Gasteiger partial charge is 0.410 e. The maximum absolute atomic E-state index is 16.4. The number of carboxylic acids is 1. The second-order valence-corrected chi connectivity index (χ2v) is 11.2. The van der Waals surface area contributed by atoms with E-state index >= 15 is 4.39 Å². The monoisotopic (exact) mass is 510 g/mol. The van der Waals surface area contributed by atoms with Gasteiger partial charge in [-0.15, -0.1) is 0 Å². The zero-order valence-corrected chi connectivity index (χ0v) is 21.2. The molecule has 2 amide bonds. The number of nitrogens with zero attached hydrogens (tertiary/aromatic N) is 2. The van der Waals surface area contributed by atoms with Crippen LogP contribution in [0.4, 0.5) is 14.0 Å². The van der Waals surface area contributed by atoms with Gasteiger partial charge in [0.25, 0.3) is 0 Å². The summed E-state index contributed by atoms with van der Waals surface area (Å²) in [5.41, 5.74) is -0.670. The first-order valence-electron chi connectivity index (χ1n) is 12.4. The number of likely N-dealkylation sites (tertiary alicyclic amines) is 2. The summed E-state index contributed by atoms with van der Waals surface area (Å²) in [6.07, 6.45) is -1.61. The molecule has 0 aromatic heterocycles. The summed E-state index contributed by atoms with van der Waals surface area (Å²) in [4.78, 5) is 40.3. The fraction of sp³-hybridized carbons (Fsp3) is 0.464. The number of fused-ring (bicyclic) bond motifs is 4. The summed E-state index contributed by atoms with van der Waals surface area (Å²) in [6, 6.07) is 15.8. The highest BCUT2D eigenvalue weighted by Gasteiger charge is 2.67. The number of aliphatic carboxylic acids is 1. The Kier molecular flexibility index (Phi) is 5.92. The van der Waals surface area contributed by atoms with Crippen LogP contribution in [0.3, 0.4) is 0 Å². The SMILES string of the molecule is CC(C)(C)OC(=O)N1CCC2(C(=O)O)CN(C(=O)OCC3c4ccccc4-c4ccccc43)CC2(F)C1. The summed E-state index contributed by atoms with van der Waals surface area (Å²) in [5, 5.41) is 10.0. The second kappa shape index (κ2) is 8.75. The van der Waals surface area contributed by atoms with Gasteiger partial charge in [0.15, 0.2) is 5.67 Å². The molecule has 2 atom stereocenters. The number of hydrogen-bond acceptors (Lipinski definition) is 5. The summed E-state index contributed by atoms with van der Waals surface area (Å²) in [5.74, 6) is -1.50. The van der Waals surface area contributed by atoms with Gasteiger partial charge < -0.3 is 24.4 Å². The van der Waals surface area contributed by atoms with E-state index in [0.29, 0.717) is 0 Å². The Bertz CT molecular complexity index is 1210. The first-order chi connectivity index (χ1) is 17.4. The predicted octanol–water partition coefficient (Wildman–Crippen LogP) is 4.67. The average molecular weight is 511 g/mol. The van der Waals surface area contributed by atoms with Crippen molar-refractivity contribution >= 4 is 18.2 Å². The number of alkyl halides is 1. The van der Waals surface area contributed by atoms with Gasteiger partial charge >= 0.3 is 18.2 Å². The van der Waals surface area contributed by atoms with E-state index in [1.54, 1.807) is 20.8 Å². The van der Waals surface area contributed by atoms with Gasteiger partial charge in [-0.05, 0) is 49.4 Å². The standard InChI is InChI=1S/C28H31FN2O6/c1-26(2,3)37-25(35)30-13-12-27(23(32)33)15-31(17-28(27,29)16-30)24(34)36-14-22-20-10-6-4-8-18(20)19-9-5-7-11-21(19)22/h4-11,22H,12-17H2,1-3H3,(H,32,33). The van der Waals surface area contributed by atoms with E-state index in [-0.39, 0.29) is 32.0 Å². The van der Waals surface area contributed by atoms with E-state index in [4.69, 9.17) is 9.47 Å². The van der Waals surface area contributed by atoms with Crippen LogP contribution >= 0.6 is 0 Å². The number of benzene rings is 2. The number of piperidine rings is 1. The molecule has 1 N–H and O–H groups in total. The maximum atomic E-state index is 16.4. The van der Waals surface area contributed by atoms with Crippen molar-refractivity contribution in [2.45, 2.75) is 44.4 Å². The topological polar surface area (TPSA) is 96.4 Å². The Morgan fingerprint density at radius 1 is 0.946 bits per heavy atom. The lowest BCUT2D eigenvalue weighted by Gasteiger charge is -2.44. The number of halogens is 1. The molecule has 1 aliphatic carbocycles. The average Bonchev–Trinajstić information content (AvgIpc) is 3.34. The molecule has 196 valence electrons. The Hall–Kier alpha value is -3.62. The third kappa shape index (κ3) is 4.20. The molecule has 8 nitrogen and oxygen atoms in total. The molecule has 2 aromatic rings. The van der Waals surface area contributed by atoms with Crippen LogP contribution in [0.25, 0.3) is 11.1 Å². The number of hydrogen-bond donors (Lipinski definition) is 1. The van der Waals surface area contributed by atoms with Gasteiger partial charge in [0.1, 0.15) is 17.6 Å². The molecule has 2 heterocycles. The van der Waals surface area contributed by atoms with Crippen molar-refractivity contribution in [3.63, 3.8) is 0 Å². The summed E-state index contributed by atoms with van der Waals surface area (Å²) in [7, 11) is 0. The first kappa shape index (κ1) is 25.0. The molecular formula is C28H31FN2O6. The minimum absolute atomic E-state index is 0.0193. The molecule has 0 bridgehead atoms. The highest BCUT2D eigenvalue weighted by molar-refractivity contribution is 5.82. The van der Waals surface area contributed by atoms with Crippen LogP contribution in [0.1, 0.15) is 44.2 Å². The second-order valence-electron chi connectivity index (χ2n) is 11.2. The normalized spacial score (nSPS) is 24.8. The minimum atomic E-state index is -2.33. The van der Waals surface area contributed by atoms with Crippen LogP contribution in [0, 0.1) is 5.41 Å². The number of carbonyl (C=O) groups excluding carboxylic acids is 2. The molecule has 9 heteroatoms. The number of carboxylic acid groups (broad SMARTS) is 1. The highest BCUT2D eigenvalue weighted by atomic mass is 19.1. The number of amides is 2. The molecule has 2 unspecified atom stereocenters. The Balaban J connectivity index is 1.31. The third-order valence-electron chi connectivity index (χ3n) is 7.67. The number of carbonyl (C=O) groups is 3. The molecule has 3 aliphatic rings. The lowest BCUT2D eigenvalue weighted by atomic mass is 9.70. The van der Waals surface area contributed by atoms with Gasteiger partial charge in [0.2, 0.25) is 0 Å². The van der Waals surface area contributed by atoms with Crippen LogP contribution < -0.4 is 0 Å². The van der Waals surface area contributed by atoms with E-state index in [9.17, 15) is 19.5 Å². The van der Waals surface area contributed by atoms with Crippen LogP contribution in [-0.4, -0.2) is 77.1 Å². The molecule has 2 aliphatic heterocycles. The lowest BCUT2D eigenvalue weighted by molar-refractivity contribution is -0.162. The summed E-state index contributed by atoms with van der Waals surface area (Å²) >= 11 is 0. The fourth-order valence-corrected chi connectivity index (χ4v) is 5.85. The first-order valence-corrected chi connectivity index (χ1v) is 12.4. The molecule has 0 saturated carbocycles. The minimum Gasteiger partial charge on any atom is -0.481 e. The molecular weight excluding hydrogens is 479 g/mol. The van der Waals surface area contributed by atoms with Crippen molar-refractivity contribution in [3.8, 4) is 11.1 Å². The van der Waals surface area contributed by atoms with E-state index in [1.807, 2.05) is 48.5 Å². The van der Waals surface area contributed by atoms with Crippen molar-refractivity contribution in [2.24, 2.45) is 5.41 Å². The molecule has 0 spiro atoms. The zero-order valence-electron chi connectivity index (χ0n) is 21.2. The maximum Gasteiger partial charge on any atom is 0.410 e. The van der Waals surface area contributed by atoms with Gasteiger partial charge in [-0.2, -0.15) is 0 Å². The van der Waals surface area contributed by atoms with Gasteiger partial charge in [0, 0.05) is 19.0 Å². The Morgan fingerprint density at radius 3 is 2.08 bits per heavy atom. The van der Waals surface area contributed by atoms with Gasteiger partial charge in [-0.3, -0.25) is 4.79 Å². The largest absolute Gasteiger partial charge is 0.481 e. The Labute approximate surface area is 215 Å². The van der Waals surface area contributed by atoms with E-state index in [2.05, 4.69) is 0 Å². The quantitative estimate of drug-likeness (QED) is 0.645. The molecule has 2 aromatic carbocycles. The zero-order chi connectivity index (χ0) is 26.6. The lowest BCUT2D eigenvalue weighted by Crippen LogP contribution is -2.62. The molecule has 37 heavy (non-hydrogen) atoms. The number of rotatable bonds is 3. The van der Waals surface area contributed by atoms with Gasteiger partial charge in [-0.1, -0.05) is 48.5 Å². The number of ether oxygens (including phenoxy) is 2. The molecule has 2 saturated heterocycles. The van der Waals surface area contributed by atoms with Gasteiger partial charge in [-0.25, -0.2) is 14.0 Å². The van der Waals surface area contributed by atoms with Gasteiger partial charge in [0.05, 0.1) is 13.1 Å². The van der Waals surface area contributed by atoms with Crippen molar-refractivity contribution in [2.75, 3.05) is 32.8 Å². The third-order valence-corrected chi connectivity index (χ3v) is 7.67. The van der Waals surface area contributed by atoms with Crippen molar-refractivity contribution in [3.05, 3.63) is 59.7 Å². The fourth-order valence-electron chi connectivity index (χ4n) is 5.85. The van der Waals surface area contributed by atoms with Crippen LogP contribution in [-0.2, 0) is 14.3 Å². The van der Waals surface area contributed by atoms with E-state index in [0.717, 1.165) is 27.2 Å². The molecule has 2 fully saturated rings. The predicted molar refractivity (Wildman–Crippen MR) is 133 cm³/mol. The van der Waals surface area contributed by atoms with Crippen molar-refractivity contribution < 1.29 is 33.4 Å². The van der Waals surface area contributed by atoms with Crippen LogP contribution in [0.2, 0.25) is 0 Å².